The van der Waals surface area contributed by atoms with Gasteiger partial charge in [0.15, 0.2) is 5.78 Å². The van der Waals surface area contributed by atoms with Crippen LogP contribution in [0.2, 0.25) is 5.02 Å². The molecule has 2 atom stereocenters. The minimum absolute atomic E-state index is 0.103. The maximum atomic E-state index is 13.5. The van der Waals surface area contributed by atoms with Crippen molar-refractivity contribution in [2.45, 2.75) is 32.2 Å². The second kappa shape index (κ2) is 8.37. The second-order valence-electron chi connectivity index (χ2n) is 7.59. The number of Topliss-reactive ketones (excluding diaryl/α,β-unsaturated/α-hetero) is 1. The van der Waals surface area contributed by atoms with Gasteiger partial charge in [-0.15, -0.1) is 0 Å². The molecule has 1 aromatic carbocycles. The van der Waals surface area contributed by atoms with Gasteiger partial charge in [-0.05, 0) is 49.9 Å². The number of fused-ring (bicyclic) bond motifs is 1. The van der Waals surface area contributed by atoms with Crippen molar-refractivity contribution in [1.29, 1.82) is 0 Å². The van der Waals surface area contributed by atoms with Crippen LogP contribution in [0.25, 0.3) is 11.0 Å². The van der Waals surface area contributed by atoms with Crippen LogP contribution in [0.1, 0.15) is 26.2 Å². The summed E-state index contributed by atoms with van der Waals surface area (Å²) in [7, 11) is 0. The van der Waals surface area contributed by atoms with Gasteiger partial charge in [0.1, 0.15) is 23.6 Å². The Morgan fingerprint density at radius 3 is 3.10 bits per heavy atom. The standard InChI is InChI=1S/C21H23ClFN5O/c1-13(27-17-9-15(22)8-16(23)10-17)19(29)7-14-3-2-6-28(11-14)21-18-4-5-24-20(18)25-12-26-21/h4-5,8-10,12-14,27H,2-3,6-7,11H2,1H3,(H,24,25,26)/t13-,14+/m1/s1. The van der Waals surface area contributed by atoms with Gasteiger partial charge in [-0.3, -0.25) is 4.79 Å². The molecule has 1 saturated heterocycles. The highest BCUT2D eigenvalue weighted by atomic mass is 35.5. The molecule has 8 heteroatoms. The van der Waals surface area contributed by atoms with E-state index in [1.54, 1.807) is 19.3 Å². The SMILES string of the molecule is C[C@@H](Nc1cc(F)cc(Cl)c1)C(=O)C[C@@H]1CCCN(c2ncnc3[nH]ccc23)C1. The third-order valence-corrected chi connectivity index (χ3v) is 5.59. The van der Waals surface area contributed by atoms with Crippen LogP contribution >= 0.6 is 11.6 Å². The summed E-state index contributed by atoms with van der Waals surface area (Å²) >= 11 is 5.89. The average molecular weight is 416 g/mol. The van der Waals surface area contributed by atoms with Gasteiger partial charge in [0.05, 0.1) is 11.4 Å². The molecule has 152 valence electrons. The maximum Gasteiger partial charge on any atom is 0.155 e. The Balaban J connectivity index is 1.40. The molecule has 0 saturated carbocycles. The highest BCUT2D eigenvalue weighted by Crippen LogP contribution is 2.28. The number of piperidine rings is 1. The Hall–Kier alpha value is -2.67. The van der Waals surface area contributed by atoms with Gasteiger partial charge in [0.2, 0.25) is 0 Å². The van der Waals surface area contributed by atoms with Crippen LogP contribution in [0.5, 0.6) is 0 Å². The van der Waals surface area contributed by atoms with Gasteiger partial charge in [0.25, 0.3) is 0 Å². The third-order valence-electron chi connectivity index (χ3n) is 5.37. The molecule has 0 unspecified atom stereocenters. The van der Waals surface area contributed by atoms with Crippen molar-refractivity contribution >= 4 is 39.9 Å². The van der Waals surface area contributed by atoms with Gasteiger partial charge in [-0.2, -0.15) is 0 Å². The number of nitrogens with one attached hydrogen (secondary N) is 2. The lowest BCUT2D eigenvalue weighted by molar-refractivity contribution is -0.120. The number of H-pyrrole nitrogens is 1. The molecule has 0 spiro atoms. The molecule has 0 radical (unpaired) electrons. The predicted octanol–water partition coefficient (Wildman–Crippen LogP) is 4.43. The maximum absolute atomic E-state index is 13.5. The third kappa shape index (κ3) is 4.50. The smallest absolute Gasteiger partial charge is 0.155 e. The van der Waals surface area contributed by atoms with Gasteiger partial charge < -0.3 is 15.2 Å². The Morgan fingerprint density at radius 2 is 2.28 bits per heavy atom. The summed E-state index contributed by atoms with van der Waals surface area (Å²) in [5.74, 6) is 0.838. The van der Waals surface area contributed by atoms with E-state index in [2.05, 4.69) is 25.2 Å². The molecule has 3 aromatic rings. The minimum Gasteiger partial charge on any atom is -0.375 e. The molecule has 3 heterocycles. The van der Waals surface area contributed by atoms with E-state index >= 15 is 0 Å². The van der Waals surface area contributed by atoms with Gasteiger partial charge in [0, 0.05) is 36.4 Å². The molecule has 1 fully saturated rings. The molecule has 1 aliphatic rings. The number of nitrogens with zero attached hydrogens (tertiary/aromatic N) is 3. The Bertz CT molecular complexity index is 1000. The van der Waals surface area contributed by atoms with Gasteiger partial charge in [-0.25, -0.2) is 14.4 Å². The summed E-state index contributed by atoms with van der Waals surface area (Å²) in [6.45, 7) is 3.49. The van der Waals surface area contributed by atoms with Gasteiger partial charge in [-0.1, -0.05) is 11.6 Å². The fourth-order valence-corrected chi connectivity index (χ4v) is 4.19. The Kier molecular flexibility index (Phi) is 5.67. The van der Waals surface area contributed by atoms with Crippen molar-refractivity contribution in [3.8, 4) is 0 Å². The number of hydrogen-bond acceptors (Lipinski definition) is 5. The number of benzene rings is 1. The molecular weight excluding hydrogens is 393 g/mol. The summed E-state index contributed by atoms with van der Waals surface area (Å²) in [4.78, 5) is 26.8. The molecule has 4 rings (SSSR count). The molecule has 0 amide bonds. The van der Waals surface area contributed by atoms with Crippen molar-refractivity contribution in [3.05, 3.63) is 47.6 Å². The second-order valence-corrected chi connectivity index (χ2v) is 8.02. The monoisotopic (exact) mass is 415 g/mol. The summed E-state index contributed by atoms with van der Waals surface area (Å²) in [5, 5.41) is 4.36. The number of ketones is 1. The number of halogens is 2. The number of rotatable bonds is 6. The zero-order valence-electron chi connectivity index (χ0n) is 16.2. The number of aromatic nitrogens is 3. The van der Waals surface area contributed by atoms with Crippen molar-refractivity contribution in [2.24, 2.45) is 5.92 Å². The average Bonchev–Trinajstić information content (AvgIpc) is 3.16. The molecular formula is C21H23ClFN5O. The van der Waals surface area contributed by atoms with Crippen LogP contribution in [0.3, 0.4) is 0 Å². The molecule has 0 bridgehead atoms. The van der Waals surface area contributed by atoms with Crippen LogP contribution in [-0.4, -0.2) is 39.9 Å². The van der Waals surface area contributed by atoms with Gasteiger partial charge >= 0.3 is 0 Å². The quantitative estimate of drug-likeness (QED) is 0.623. The van der Waals surface area contributed by atoms with E-state index in [1.807, 2.05) is 12.3 Å². The molecule has 2 N–H and O–H groups in total. The number of aromatic amines is 1. The lowest BCUT2D eigenvalue weighted by Gasteiger charge is -2.34. The van der Waals surface area contributed by atoms with E-state index in [1.165, 1.54) is 12.1 Å². The first-order chi connectivity index (χ1) is 14.0. The molecule has 29 heavy (non-hydrogen) atoms. The lowest BCUT2D eigenvalue weighted by Crippen LogP contribution is -2.38. The van der Waals surface area contributed by atoms with Crippen LogP contribution in [0, 0.1) is 11.7 Å². The highest BCUT2D eigenvalue weighted by Gasteiger charge is 2.26. The first kappa shape index (κ1) is 19.6. The predicted molar refractivity (Wildman–Crippen MR) is 113 cm³/mol. The zero-order chi connectivity index (χ0) is 20.4. The molecule has 2 aromatic heterocycles. The number of anilines is 2. The normalized spacial score (nSPS) is 18.0. The number of hydrogen-bond donors (Lipinski definition) is 2. The van der Waals surface area contributed by atoms with Crippen LogP contribution in [0.15, 0.2) is 36.8 Å². The zero-order valence-corrected chi connectivity index (χ0v) is 16.9. The molecule has 1 aliphatic heterocycles. The summed E-state index contributed by atoms with van der Waals surface area (Å²) in [5.41, 5.74) is 1.33. The fourth-order valence-electron chi connectivity index (χ4n) is 3.96. The summed E-state index contributed by atoms with van der Waals surface area (Å²) in [6, 6.07) is 5.77. The summed E-state index contributed by atoms with van der Waals surface area (Å²) < 4.78 is 13.5. The van der Waals surface area contributed by atoms with E-state index in [4.69, 9.17) is 11.6 Å². The first-order valence-electron chi connectivity index (χ1n) is 9.78. The van der Waals surface area contributed by atoms with Crippen molar-refractivity contribution in [1.82, 2.24) is 15.0 Å². The number of carbonyl (C=O) groups is 1. The van der Waals surface area contributed by atoms with E-state index in [0.717, 1.165) is 42.8 Å². The van der Waals surface area contributed by atoms with E-state index in [0.29, 0.717) is 17.1 Å². The fraction of sp³-hybridized carbons (Fsp3) is 0.381. The first-order valence-corrected chi connectivity index (χ1v) is 10.2. The van der Waals surface area contributed by atoms with Crippen molar-refractivity contribution in [3.63, 3.8) is 0 Å². The number of carbonyl (C=O) groups excluding carboxylic acids is 1. The summed E-state index contributed by atoms with van der Waals surface area (Å²) in [6.07, 6.45) is 5.91. The van der Waals surface area contributed by atoms with Crippen LogP contribution in [0.4, 0.5) is 15.9 Å². The van der Waals surface area contributed by atoms with Crippen molar-refractivity contribution in [2.75, 3.05) is 23.3 Å². The van der Waals surface area contributed by atoms with Crippen LogP contribution < -0.4 is 10.2 Å². The Morgan fingerprint density at radius 1 is 1.41 bits per heavy atom. The highest BCUT2D eigenvalue weighted by molar-refractivity contribution is 6.30. The largest absolute Gasteiger partial charge is 0.375 e. The van der Waals surface area contributed by atoms with E-state index < -0.39 is 11.9 Å². The minimum atomic E-state index is -0.427. The van der Waals surface area contributed by atoms with Crippen LogP contribution in [-0.2, 0) is 4.79 Å². The lowest BCUT2D eigenvalue weighted by atomic mass is 9.91. The van der Waals surface area contributed by atoms with Crippen molar-refractivity contribution < 1.29 is 9.18 Å². The topological polar surface area (TPSA) is 73.9 Å². The molecule has 6 nitrogen and oxygen atoms in total. The van der Waals surface area contributed by atoms with E-state index in [9.17, 15) is 9.18 Å². The molecule has 0 aliphatic carbocycles. The Labute approximate surface area is 173 Å². The van der Waals surface area contributed by atoms with E-state index in [-0.39, 0.29) is 11.7 Å².